The molecule has 0 aliphatic heterocycles. The van der Waals surface area contributed by atoms with Crippen molar-refractivity contribution in [2.75, 3.05) is 20.3 Å². The molecule has 0 saturated carbocycles. The number of carboxylic acids is 1. The van der Waals surface area contributed by atoms with Crippen LogP contribution in [0, 0.1) is 17.1 Å². The first-order valence-electron chi connectivity index (χ1n) is 8.33. The summed E-state index contributed by atoms with van der Waals surface area (Å²) in [6.07, 6.45) is -0.00382. The fourth-order valence-electron chi connectivity index (χ4n) is 2.32. The lowest BCUT2D eigenvalue weighted by Gasteiger charge is -2.11. The number of carboxylic acid groups (broad SMARTS) is 1. The number of nitriles is 1. The summed E-state index contributed by atoms with van der Waals surface area (Å²) in [4.78, 5) is 11.0. The number of rotatable bonds is 10. The molecule has 1 unspecified atom stereocenters. The number of hydrogen-bond acceptors (Lipinski definition) is 5. The van der Waals surface area contributed by atoms with Crippen LogP contribution in [0.15, 0.2) is 42.5 Å². The second kappa shape index (κ2) is 10.1. The van der Waals surface area contributed by atoms with Gasteiger partial charge in [-0.15, -0.1) is 0 Å². The van der Waals surface area contributed by atoms with Crippen LogP contribution in [0.25, 0.3) is 0 Å². The molecule has 142 valence electrons. The van der Waals surface area contributed by atoms with Crippen LogP contribution < -0.4 is 9.47 Å². The van der Waals surface area contributed by atoms with Crippen LogP contribution in [0.3, 0.4) is 0 Å². The number of aliphatic carboxylic acids is 1. The number of hydrogen-bond donors (Lipinski definition) is 1. The maximum Gasteiger partial charge on any atom is 0.333 e. The average Bonchev–Trinajstić information content (AvgIpc) is 2.66. The predicted molar refractivity (Wildman–Crippen MR) is 95.3 cm³/mol. The Morgan fingerprint density at radius 2 is 1.78 bits per heavy atom. The maximum absolute atomic E-state index is 13.5. The molecule has 6 nitrogen and oxygen atoms in total. The highest BCUT2D eigenvalue weighted by molar-refractivity contribution is 5.72. The normalized spacial score (nSPS) is 11.4. The molecule has 2 rings (SSSR count). The van der Waals surface area contributed by atoms with Crippen molar-refractivity contribution in [2.24, 2.45) is 0 Å². The second-order valence-electron chi connectivity index (χ2n) is 5.71. The Bertz CT molecular complexity index is 801. The molecule has 0 aromatic heterocycles. The fraction of sp³-hybridized carbons (Fsp3) is 0.300. The van der Waals surface area contributed by atoms with E-state index in [4.69, 9.17) is 24.6 Å². The van der Waals surface area contributed by atoms with E-state index in [1.54, 1.807) is 36.4 Å². The van der Waals surface area contributed by atoms with Crippen LogP contribution in [0.5, 0.6) is 11.5 Å². The highest BCUT2D eigenvalue weighted by Gasteiger charge is 2.16. The molecule has 0 fully saturated rings. The van der Waals surface area contributed by atoms with Crippen molar-refractivity contribution < 1.29 is 28.5 Å². The van der Waals surface area contributed by atoms with Gasteiger partial charge in [0.1, 0.15) is 23.4 Å². The van der Waals surface area contributed by atoms with Gasteiger partial charge in [0.25, 0.3) is 0 Å². The zero-order chi connectivity index (χ0) is 19.6. The van der Waals surface area contributed by atoms with E-state index in [9.17, 15) is 9.18 Å². The van der Waals surface area contributed by atoms with Gasteiger partial charge >= 0.3 is 5.97 Å². The van der Waals surface area contributed by atoms with Gasteiger partial charge in [-0.25, -0.2) is 9.18 Å². The lowest BCUT2D eigenvalue weighted by molar-refractivity contribution is -0.148. The Labute approximate surface area is 156 Å². The molecule has 2 aromatic carbocycles. The summed E-state index contributed by atoms with van der Waals surface area (Å²) < 4.78 is 29.4. The van der Waals surface area contributed by atoms with E-state index in [1.807, 2.05) is 0 Å². The Morgan fingerprint density at radius 3 is 2.33 bits per heavy atom. The van der Waals surface area contributed by atoms with Gasteiger partial charge in [-0.05, 0) is 29.8 Å². The van der Waals surface area contributed by atoms with E-state index in [0.29, 0.717) is 31.1 Å². The predicted octanol–water partition coefficient (Wildman–Crippen LogP) is 3.19. The maximum atomic E-state index is 13.5. The number of nitrogens with zero attached hydrogens (tertiary/aromatic N) is 1. The van der Waals surface area contributed by atoms with Crippen molar-refractivity contribution in [1.82, 2.24) is 0 Å². The topological polar surface area (TPSA) is 88.8 Å². The van der Waals surface area contributed by atoms with Crippen LogP contribution in [0.4, 0.5) is 4.39 Å². The zero-order valence-corrected chi connectivity index (χ0v) is 14.9. The van der Waals surface area contributed by atoms with Crippen LogP contribution in [-0.4, -0.2) is 37.5 Å². The molecule has 0 saturated heterocycles. The van der Waals surface area contributed by atoms with Crippen molar-refractivity contribution in [1.29, 1.82) is 5.26 Å². The molecule has 27 heavy (non-hydrogen) atoms. The van der Waals surface area contributed by atoms with Crippen LogP contribution in [0.1, 0.15) is 17.5 Å². The highest BCUT2D eigenvalue weighted by atomic mass is 19.1. The second-order valence-corrected chi connectivity index (χ2v) is 5.71. The summed E-state index contributed by atoms with van der Waals surface area (Å²) in [5, 5.41) is 17.7. The van der Waals surface area contributed by atoms with E-state index < -0.39 is 17.9 Å². The molecule has 0 radical (unpaired) electrons. The first-order chi connectivity index (χ1) is 13.0. The molecule has 2 aromatic rings. The van der Waals surface area contributed by atoms with Crippen molar-refractivity contribution >= 4 is 5.97 Å². The minimum atomic E-state index is -1.00. The average molecular weight is 373 g/mol. The number of benzene rings is 2. The van der Waals surface area contributed by atoms with Crippen molar-refractivity contribution in [3.8, 4) is 17.6 Å². The lowest BCUT2D eigenvalue weighted by Crippen LogP contribution is -2.24. The van der Waals surface area contributed by atoms with Gasteiger partial charge in [0.05, 0.1) is 18.8 Å². The summed E-state index contributed by atoms with van der Waals surface area (Å²) in [6, 6.07) is 13.0. The van der Waals surface area contributed by atoms with Gasteiger partial charge < -0.3 is 19.3 Å². The molecule has 0 bridgehead atoms. The molecule has 7 heteroatoms. The summed E-state index contributed by atoms with van der Waals surface area (Å²) in [5.41, 5.74) is 0.817. The molecule has 1 N–H and O–H groups in total. The summed E-state index contributed by atoms with van der Waals surface area (Å²) in [5.74, 6) is -0.584. The van der Waals surface area contributed by atoms with Gasteiger partial charge in [0.15, 0.2) is 6.10 Å². The van der Waals surface area contributed by atoms with Crippen molar-refractivity contribution in [2.45, 2.75) is 18.9 Å². The Kier molecular flexibility index (Phi) is 7.59. The Hall–Kier alpha value is -3.11. The fourth-order valence-corrected chi connectivity index (χ4v) is 2.32. The van der Waals surface area contributed by atoms with E-state index in [0.717, 1.165) is 5.56 Å². The number of halogens is 1. The minimum Gasteiger partial charge on any atom is -0.493 e. The Balaban J connectivity index is 1.72. The van der Waals surface area contributed by atoms with E-state index in [-0.39, 0.29) is 12.0 Å². The minimum absolute atomic E-state index is 0.0192. The van der Waals surface area contributed by atoms with Crippen LogP contribution in [-0.2, 0) is 16.0 Å². The number of methoxy groups -OCH3 is 1. The van der Waals surface area contributed by atoms with Gasteiger partial charge in [-0.2, -0.15) is 5.26 Å². The van der Waals surface area contributed by atoms with Crippen molar-refractivity contribution in [3.63, 3.8) is 0 Å². The molecule has 0 aliphatic carbocycles. The number of ether oxygens (including phenoxy) is 3. The monoisotopic (exact) mass is 373 g/mol. The van der Waals surface area contributed by atoms with Crippen LogP contribution in [0.2, 0.25) is 0 Å². The van der Waals surface area contributed by atoms with Gasteiger partial charge in [0.2, 0.25) is 0 Å². The molecule has 0 heterocycles. The summed E-state index contributed by atoms with van der Waals surface area (Å²) in [6.45, 7) is 0.755. The first-order valence-corrected chi connectivity index (χ1v) is 8.33. The molecule has 0 spiro atoms. The lowest BCUT2D eigenvalue weighted by atomic mass is 10.1. The molecule has 1 atom stereocenters. The van der Waals surface area contributed by atoms with Crippen LogP contribution >= 0.6 is 0 Å². The Morgan fingerprint density at radius 1 is 1.15 bits per heavy atom. The SMILES string of the molecule is COC(Cc1ccc(OCCCOc2ccc(C#N)c(F)c2)cc1)C(=O)O. The quantitative estimate of drug-likeness (QED) is 0.644. The summed E-state index contributed by atoms with van der Waals surface area (Å²) >= 11 is 0. The van der Waals surface area contributed by atoms with E-state index in [1.165, 1.54) is 19.2 Å². The van der Waals surface area contributed by atoms with Crippen molar-refractivity contribution in [3.05, 3.63) is 59.4 Å². The third-order valence-electron chi connectivity index (χ3n) is 3.79. The number of carbonyl (C=O) groups is 1. The third kappa shape index (κ3) is 6.28. The van der Waals surface area contributed by atoms with Gasteiger partial charge in [-0.3, -0.25) is 0 Å². The molecule has 0 amide bonds. The third-order valence-corrected chi connectivity index (χ3v) is 3.79. The zero-order valence-electron chi connectivity index (χ0n) is 14.9. The van der Waals surface area contributed by atoms with E-state index >= 15 is 0 Å². The summed E-state index contributed by atoms with van der Waals surface area (Å²) in [7, 11) is 1.37. The molecular formula is C20H20FNO5. The van der Waals surface area contributed by atoms with Gasteiger partial charge in [-0.1, -0.05) is 12.1 Å². The largest absolute Gasteiger partial charge is 0.493 e. The standard InChI is InChI=1S/C20H20FNO5/c1-25-19(20(23)24)11-14-3-6-16(7-4-14)26-9-2-10-27-17-8-5-15(13-22)18(21)12-17/h3-8,12,19H,2,9-11H2,1H3,(H,23,24). The van der Waals surface area contributed by atoms with Gasteiger partial charge in [0, 0.05) is 26.0 Å². The molecular weight excluding hydrogens is 353 g/mol. The molecule has 0 aliphatic rings. The van der Waals surface area contributed by atoms with E-state index in [2.05, 4.69) is 0 Å². The highest BCUT2D eigenvalue weighted by Crippen LogP contribution is 2.17. The first kappa shape index (κ1) is 20.2. The smallest absolute Gasteiger partial charge is 0.333 e.